The Morgan fingerprint density at radius 1 is 1.26 bits per heavy atom. The van der Waals surface area contributed by atoms with Crippen LogP contribution in [0.2, 0.25) is 0 Å². The van der Waals surface area contributed by atoms with Crippen molar-refractivity contribution in [3.05, 3.63) is 29.8 Å². The number of nitrogens with one attached hydrogen (secondary N) is 1. The molecule has 1 aromatic carbocycles. The molecule has 2 aliphatic rings. The number of hydrogen-bond acceptors (Lipinski definition) is 4. The standard InChI is InChI=1S/C18H26N2O3/c1-22-15-5-3-4-14(10-15)13-6-8-20(9-7-13)18(21)17-11-16(23-2)12-19-17/h3-5,10,13,16-17,19H,6-9,11-12H2,1-2H3/t16-,17-/m0/s1. The minimum absolute atomic E-state index is 0.0756. The Hall–Kier alpha value is -1.59. The lowest BCUT2D eigenvalue weighted by atomic mass is 9.89. The fraction of sp³-hybridized carbons (Fsp3) is 0.611. The summed E-state index contributed by atoms with van der Waals surface area (Å²) in [5.74, 6) is 1.65. The number of carbonyl (C=O) groups is 1. The number of benzene rings is 1. The first-order valence-corrected chi connectivity index (χ1v) is 8.40. The van der Waals surface area contributed by atoms with E-state index in [9.17, 15) is 4.79 Å². The van der Waals surface area contributed by atoms with Crippen molar-refractivity contribution in [2.24, 2.45) is 0 Å². The molecule has 1 N–H and O–H groups in total. The molecule has 5 nitrogen and oxygen atoms in total. The highest BCUT2D eigenvalue weighted by molar-refractivity contribution is 5.82. The zero-order valence-electron chi connectivity index (χ0n) is 14.0. The predicted molar refractivity (Wildman–Crippen MR) is 88.8 cm³/mol. The van der Waals surface area contributed by atoms with Crippen molar-refractivity contribution in [1.29, 1.82) is 0 Å². The van der Waals surface area contributed by atoms with Crippen LogP contribution in [0.25, 0.3) is 0 Å². The van der Waals surface area contributed by atoms with Gasteiger partial charge >= 0.3 is 0 Å². The smallest absolute Gasteiger partial charge is 0.239 e. The van der Waals surface area contributed by atoms with Crippen LogP contribution in [-0.2, 0) is 9.53 Å². The average molecular weight is 318 g/mol. The second-order valence-electron chi connectivity index (χ2n) is 6.43. The molecule has 1 aromatic rings. The fourth-order valence-corrected chi connectivity index (χ4v) is 3.62. The number of amides is 1. The van der Waals surface area contributed by atoms with Crippen LogP contribution in [0.5, 0.6) is 5.75 Å². The maximum atomic E-state index is 12.6. The van der Waals surface area contributed by atoms with E-state index in [2.05, 4.69) is 17.4 Å². The van der Waals surface area contributed by atoms with Crippen molar-refractivity contribution in [2.75, 3.05) is 33.9 Å². The van der Waals surface area contributed by atoms with Crippen LogP contribution in [0.3, 0.4) is 0 Å². The topological polar surface area (TPSA) is 50.8 Å². The highest BCUT2D eigenvalue weighted by atomic mass is 16.5. The molecule has 2 aliphatic heterocycles. The molecule has 2 atom stereocenters. The Morgan fingerprint density at radius 2 is 2.04 bits per heavy atom. The van der Waals surface area contributed by atoms with E-state index >= 15 is 0 Å². The normalized spacial score (nSPS) is 25.6. The molecule has 2 saturated heterocycles. The molecule has 0 unspecified atom stereocenters. The zero-order valence-corrected chi connectivity index (χ0v) is 14.0. The largest absolute Gasteiger partial charge is 0.497 e. The summed E-state index contributed by atoms with van der Waals surface area (Å²) in [6, 6.07) is 8.21. The van der Waals surface area contributed by atoms with Gasteiger partial charge in [0.25, 0.3) is 0 Å². The summed E-state index contributed by atoms with van der Waals surface area (Å²) in [7, 11) is 3.40. The SMILES string of the molecule is COc1cccc(C2CCN(C(=O)[C@@H]3C[C@H](OC)CN3)CC2)c1. The van der Waals surface area contributed by atoms with Gasteiger partial charge in [0.2, 0.25) is 5.91 Å². The van der Waals surface area contributed by atoms with E-state index in [0.717, 1.165) is 44.6 Å². The third-order valence-corrected chi connectivity index (χ3v) is 5.09. The minimum atomic E-state index is -0.0756. The number of carbonyl (C=O) groups excluding carboxylic acids is 1. The molecule has 23 heavy (non-hydrogen) atoms. The van der Waals surface area contributed by atoms with Gasteiger partial charge in [0, 0.05) is 26.7 Å². The van der Waals surface area contributed by atoms with E-state index in [1.165, 1.54) is 5.56 Å². The van der Waals surface area contributed by atoms with Gasteiger partial charge in [0.05, 0.1) is 19.3 Å². The second kappa shape index (κ2) is 7.32. The molecule has 0 aliphatic carbocycles. The highest BCUT2D eigenvalue weighted by Gasteiger charge is 2.34. The summed E-state index contributed by atoms with van der Waals surface area (Å²) in [6.07, 6.45) is 2.97. The van der Waals surface area contributed by atoms with Gasteiger partial charge in [-0.25, -0.2) is 0 Å². The molecule has 3 rings (SSSR count). The Morgan fingerprint density at radius 3 is 2.70 bits per heavy atom. The summed E-state index contributed by atoms with van der Waals surface area (Å²) in [4.78, 5) is 14.6. The number of piperidine rings is 1. The second-order valence-corrected chi connectivity index (χ2v) is 6.43. The quantitative estimate of drug-likeness (QED) is 0.919. The Bertz CT molecular complexity index is 541. The molecular formula is C18H26N2O3. The van der Waals surface area contributed by atoms with Gasteiger partial charge in [0.1, 0.15) is 5.75 Å². The molecule has 2 fully saturated rings. The van der Waals surface area contributed by atoms with Gasteiger partial charge in [-0.1, -0.05) is 12.1 Å². The first-order chi connectivity index (χ1) is 11.2. The Balaban J connectivity index is 1.55. The van der Waals surface area contributed by atoms with Gasteiger partial charge in [0.15, 0.2) is 0 Å². The molecule has 1 amide bonds. The molecule has 0 aromatic heterocycles. The molecule has 0 saturated carbocycles. The van der Waals surface area contributed by atoms with Crippen LogP contribution in [-0.4, -0.2) is 56.8 Å². The first kappa shape index (κ1) is 16.3. The number of ether oxygens (including phenoxy) is 2. The molecule has 0 bridgehead atoms. The lowest BCUT2D eigenvalue weighted by molar-refractivity contribution is -0.134. The number of rotatable bonds is 4. The summed E-state index contributed by atoms with van der Waals surface area (Å²) < 4.78 is 10.6. The molecule has 0 spiro atoms. The molecule has 126 valence electrons. The third-order valence-electron chi connectivity index (χ3n) is 5.09. The summed E-state index contributed by atoms with van der Waals surface area (Å²) in [6.45, 7) is 2.43. The van der Waals surface area contributed by atoms with Crippen LogP contribution in [0.4, 0.5) is 0 Å². The Kier molecular flexibility index (Phi) is 5.18. The molecule has 5 heteroatoms. The number of nitrogens with zero attached hydrogens (tertiary/aromatic N) is 1. The van der Waals surface area contributed by atoms with E-state index < -0.39 is 0 Å². The fourth-order valence-electron chi connectivity index (χ4n) is 3.62. The molecule has 2 heterocycles. The van der Waals surface area contributed by atoms with E-state index in [4.69, 9.17) is 9.47 Å². The van der Waals surface area contributed by atoms with Crippen molar-refractivity contribution in [1.82, 2.24) is 10.2 Å². The Labute approximate surface area is 137 Å². The number of hydrogen-bond donors (Lipinski definition) is 1. The van der Waals surface area contributed by atoms with E-state index in [1.807, 2.05) is 17.0 Å². The van der Waals surface area contributed by atoms with Crippen LogP contribution in [0.1, 0.15) is 30.7 Å². The summed E-state index contributed by atoms with van der Waals surface area (Å²) >= 11 is 0. The van der Waals surface area contributed by atoms with Crippen molar-refractivity contribution in [3.63, 3.8) is 0 Å². The predicted octanol–water partition coefficient (Wildman–Crippen LogP) is 1.78. The van der Waals surface area contributed by atoms with Gasteiger partial charge in [-0.15, -0.1) is 0 Å². The highest BCUT2D eigenvalue weighted by Crippen LogP contribution is 2.30. The lowest BCUT2D eigenvalue weighted by Gasteiger charge is -2.34. The van der Waals surface area contributed by atoms with Gasteiger partial charge in [-0.3, -0.25) is 4.79 Å². The van der Waals surface area contributed by atoms with Gasteiger partial charge in [-0.2, -0.15) is 0 Å². The monoisotopic (exact) mass is 318 g/mol. The minimum Gasteiger partial charge on any atom is -0.497 e. The van der Waals surface area contributed by atoms with Gasteiger partial charge in [-0.05, 0) is 42.9 Å². The average Bonchev–Trinajstić information content (AvgIpc) is 3.10. The molecule has 0 radical (unpaired) electrons. The number of methoxy groups -OCH3 is 2. The van der Waals surface area contributed by atoms with E-state index in [0.29, 0.717) is 5.92 Å². The lowest BCUT2D eigenvalue weighted by Crippen LogP contribution is -2.46. The third kappa shape index (κ3) is 3.67. The van der Waals surface area contributed by atoms with Crippen LogP contribution < -0.4 is 10.1 Å². The van der Waals surface area contributed by atoms with Crippen LogP contribution >= 0.6 is 0 Å². The van der Waals surface area contributed by atoms with Gasteiger partial charge < -0.3 is 19.7 Å². The summed E-state index contributed by atoms with van der Waals surface area (Å²) in [5, 5.41) is 3.28. The van der Waals surface area contributed by atoms with Crippen molar-refractivity contribution < 1.29 is 14.3 Å². The van der Waals surface area contributed by atoms with Crippen LogP contribution in [0, 0.1) is 0 Å². The maximum Gasteiger partial charge on any atom is 0.239 e. The zero-order chi connectivity index (χ0) is 16.2. The van der Waals surface area contributed by atoms with Crippen molar-refractivity contribution in [3.8, 4) is 5.75 Å². The first-order valence-electron chi connectivity index (χ1n) is 8.40. The van der Waals surface area contributed by atoms with E-state index in [-0.39, 0.29) is 18.1 Å². The maximum absolute atomic E-state index is 12.6. The van der Waals surface area contributed by atoms with Crippen LogP contribution in [0.15, 0.2) is 24.3 Å². The van der Waals surface area contributed by atoms with Crippen molar-refractivity contribution in [2.45, 2.75) is 37.3 Å². The van der Waals surface area contributed by atoms with Crippen molar-refractivity contribution >= 4 is 5.91 Å². The summed E-state index contributed by atoms with van der Waals surface area (Å²) in [5.41, 5.74) is 1.31. The van der Waals surface area contributed by atoms with E-state index in [1.54, 1.807) is 14.2 Å². The molecular weight excluding hydrogens is 292 g/mol. The number of likely N-dealkylation sites (tertiary alicyclic amines) is 1.